The highest BCUT2D eigenvalue weighted by Crippen LogP contribution is 2.54. The van der Waals surface area contributed by atoms with Gasteiger partial charge in [0, 0.05) is 47.3 Å². The fraction of sp³-hybridized carbons (Fsp3) is 0.333. The first kappa shape index (κ1) is 27.0. The number of pyridine rings is 1. The Balaban J connectivity index is 1.72. The zero-order valence-electron chi connectivity index (χ0n) is 23.7. The highest BCUT2D eigenvalue weighted by molar-refractivity contribution is 5.94. The zero-order chi connectivity index (χ0) is 29.1. The van der Waals surface area contributed by atoms with Gasteiger partial charge in [-0.1, -0.05) is 24.6 Å². The minimum Gasteiger partial charge on any atom is -0.493 e. The molecule has 1 N–H and O–H groups in total. The van der Waals surface area contributed by atoms with Gasteiger partial charge in [-0.25, -0.2) is 19.2 Å². The van der Waals surface area contributed by atoms with Crippen molar-refractivity contribution in [3.8, 4) is 16.9 Å². The Hall–Kier alpha value is -4.17. The van der Waals surface area contributed by atoms with Gasteiger partial charge in [0.05, 0.1) is 17.7 Å². The molecule has 210 valence electrons. The summed E-state index contributed by atoms with van der Waals surface area (Å²) in [7, 11) is 0. The van der Waals surface area contributed by atoms with Crippen LogP contribution in [0.3, 0.4) is 0 Å². The van der Waals surface area contributed by atoms with Gasteiger partial charge in [-0.3, -0.25) is 4.98 Å². The summed E-state index contributed by atoms with van der Waals surface area (Å²) in [6, 6.07) is 8.85. The van der Waals surface area contributed by atoms with Gasteiger partial charge in [0.15, 0.2) is 6.10 Å². The van der Waals surface area contributed by atoms with Crippen molar-refractivity contribution in [1.82, 2.24) is 15.0 Å². The third-order valence-corrected chi connectivity index (χ3v) is 8.22. The number of benzene rings is 2. The van der Waals surface area contributed by atoms with E-state index in [1.54, 1.807) is 18.6 Å². The second kappa shape index (κ2) is 9.73. The maximum atomic E-state index is 15.6. The highest BCUT2D eigenvalue weighted by Gasteiger charge is 2.51. The van der Waals surface area contributed by atoms with E-state index in [0.717, 1.165) is 39.8 Å². The van der Waals surface area contributed by atoms with Crippen LogP contribution in [0.5, 0.6) is 5.75 Å². The van der Waals surface area contributed by atoms with Crippen LogP contribution >= 0.6 is 0 Å². The molecule has 0 fully saturated rings. The SMILES string of the molecule is CC1=Cc2c(-c3cncnc3)cc(F)cc2C(C)(c2ccc3c4c(ccnc24)CCO3)C1C(OC(C)(C)C)C(=O)O. The van der Waals surface area contributed by atoms with Crippen molar-refractivity contribution in [2.24, 2.45) is 5.92 Å². The summed E-state index contributed by atoms with van der Waals surface area (Å²) in [6.07, 6.45) is 7.98. The van der Waals surface area contributed by atoms with Gasteiger partial charge in [-0.05, 0) is 79.8 Å². The number of halogens is 1. The summed E-state index contributed by atoms with van der Waals surface area (Å²) in [5, 5.41) is 11.5. The predicted molar refractivity (Wildman–Crippen MR) is 154 cm³/mol. The first-order valence-corrected chi connectivity index (χ1v) is 13.7. The molecule has 0 saturated heterocycles. The molecule has 4 aromatic rings. The van der Waals surface area contributed by atoms with E-state index >= 15 is 4.39 Å². The predicted octanol–water partition coefficient (Wildman–Crippen LogP) is 6.37. The van der Waals surface area contributed by atoms with Crippen LogP contribution < -0.4 is 4.74 Å². The van der Waals surface area contributed by atoms with Crippen LogP contribution in [0, 0.1) is 11.7 Å². The molecule has 2 aliphatic rings. The molecule has 0 saturated carbocycles. The topological polar surface area (TPSA) is 94.4 Å². The maximum Gasteiger partial charge on any atom is 0.333 e. The molecule has 0 radical (unpaired) electrons. The number of aromatic nitrogens is 3. The fourth-order valence-corrected chi connectivity index (χ4v) is 6.64. The molecule has 8 heteroatoms. The van der Waals surface area contributed by atoms with E-state index in [9.17, 15) is 9.90 Å². The minimum atomic E-state index is -1.22. The Kier molecular flexibility index (Phi) is 6.41. The standard InChI is InChI=1S/C33H32FN3O4/c1-18-12-23-22(20-15-35-17-36-16-20)13-21(34)14-25(23)33(5,28(18)30(31(38)39)41-32(2,3)4)24-6-7-26-27-19(9-11-40-26)8-10-37-29(24)27/h6-8,10,12-17,28,30H,9,11H2,1-5H3,(H,38,39). The fourth-order valence-electron chi connectivity index (χ4n) is 6.64. The molecule has 0 amide bonds. The van der Waals surface area contributed by atoms with Gasteiger partial charge in [-0.2, -0.15) is 0 Å². The van der Waals surface area contributed by atoms with E-state index in [0.29, 0.717) is 28.8 Å². The number of nitrogens with zero attached hydrogens (tertiary/aromatic N) is 3. The summed E-state index contributed by atoms with van der Waals surface area (Å²) < 4.78 is 27.9. The Morgan fingerprint density at radius 1 is 1.17 bits per heavy atom. The summed E-state index contributed by atoms with van der Waals surface area (Å²) in [5.74, 6) is -1.47. The van der Waals surface area contributed by atoms with E-state index < -0.39 is 34.8 Å². The third-order valence-electron chi connectivity index (χ3n) is 8.22. The molecule has 2 aromatic heterocycles. The number of carbonyl (C=O) groups is 1. The molecule has 1 aliphatic carbocycles. The number of hydrogen-bond donors (Lipinski definition) is 1. The van der Waals surface area contributed by atoms with Crippen molar-refractivity contribution in [3.63, 3.8) is 0 Å². The molecule has 6 rings (SSSR count). The number of carboxylic acid groups (broad SMARTS) is 1. The van der Waals surface area contributed by atoms with Crippen molar-refractivity contribution in [2.75, 3.05) is 6.61 Å². The molecule has 2 aromatic carbocycles. The van der Waals surface area contributed by atoms with Gasteiger partial charge in [0.25, 0.3) is 0 Å². The third kappa shape index (κ3) is 4.47. The first-order valence-electron chi connectivity index (χ1n) is 13.7. The number of hydrogen-bond acceptors (Lipinski definition) is 6. The number of aliphatic carboxylic acids is 1. The van der Waals surface area contributed by atoms with Gasteiger partial charge in [0.1, 0.15) is 17.9 Å². The highest BCUT2D eigenvalue weighted by atomic mass is 19.1. The van der Waals surface area contributed by atoms with E-state index in [4.69, 9.17) is 14.5 Å². The summed E-state index contributed by atoms with van der Waals surface area (Å²) in [6.45, 7) is 9.99. The van der Waals surface area contributed by atoms with E-state index in [1.807, 2.05) is 58.9 Å². The summed E-state index contributed by atoms with van der Waals surface area (Å²) >= 11 is 0. The summed E-state index contributed by atoms with van der Waals surface area (Å²) in [5.41, 5.74) is 4.34. The maximum absolute atomic E-state index is 15.6. The van der Waals surface area contributed by atoms with Crippen molar-refractivity contribution in [2.45, 2.75) is 58.2 Å². The molecule has 41 heavy (non-hydrogen) atoms. The lowest BCUT2D eigenvalue weighted by atomic mass is 9.58. The molecule has 3 atom stereocenters. The molecule has 3 heterocycles. The van der Waals surface area contributed by atoms with Crippen LogP contribution in [0.15, 0.2) is 60.8 Å². The van der Waals surface area contributed by atoms with Crippen molar-refractivity contribution >= 4 is 22.9 Å². The van der Waals surface area contributed by atoms with E-state index in [-0.39, 0.29) is 0 Å². The molecule has 1 aliphatic heterocycles. The molecule has 3 unspecified atom stereocenters. The van der Waals surface area contributed by atoms with Crippen LogP contribution in [0.4, 0.5) is 4.39 Å². The number of ether oxygens (including phenoxy) is 2. The monoisotopic (exact) mass is 553 g/mol. The molecular weight excluding hydrogens is 521 g/mol. The Labute approximate surface area is 238 Å². The number of fused-ring (bicyclic) bond motifs is 1. The van der Waals surface area contributed by atoms with Crippen LogP contribution in [0.1, 0.15) is 56.9 Å². The lowest BCUT2D eigenvalue weighted by molar-refractivity contribution is -0.166. The van der Waals surface area contributed by atoms with Gasteiger partial charge in [-0.15, -0.1) is 0 Å². The normalized spacial score (nSPS) is 20.6. The lowest BCUT2D eigenvalue weighted by Crippen LogP contribution is -2.50. The van der Waals surface area contributed by atoms with Crippen LogP contribution in [-0.4, -0.2) is 44.3 Å². The smallest absolute Gasteiger partial charge is 0.333 e. The quantitative estimate of drug-likeness (QED) is 0.307. The second-order valence-corrected chi connectivity index (χ2v) is 12.0. The largest absolute Gasteiger partial charge is 0.493 e. The average molecular weight is 554 g/mol. The van der Waals surface area contributed by atoms with Crippen LogP contribution in [0.2, 0.25) is 0 Å². The number of carboxylic acids is 1. The Bertz CT molecular complexity index is 1700. The van der Waals surface area contributed by atoms with Gasteiger partial charge < -0.3 is 14.6 Å². The molecule has 7 nitrogen and oxygen atoms in total. The summed E-state index contributed by atoms with van der Waals surface area (Å²) in [4.78, 5) is 26.1. The molecular formula is C33H32FN3O4. The molecule has 0 spiro atoms. The lowest BCUT2D eigenvalue weighted by Gasteiger charge is -2.47. The van der Waals surface area contributed by atoms with E-state index in [1.165, 1.54) is 18.5 Å². The number of rotatable bonds is 5. The van der Waals surface area contributed by atoms with Crippen molar-refractivity contribution in [1.29, 1.82) is 0 Å². The zero-order valence-corrected chi connectivity index (χ0v) is 23.7. The van der Waals surface area contributed by atoms with E-state index in [2.05, 4.69) is 9.97 Å². The Morgan fingerprint density at radius 3 is 2.63 bits per heavy atom. The minimum absolute atomic E-state index is 0.442. The average Bonchev–Trinajstić information content (AvgIpc) is 2.93. The van der Waals surface area contributed by atoms with Crippen LogP contribution in [0.25, 0.3) is 28.1 Å². The van der Waals surface area contributed by atoms with Crippen molar-refractivity contribution in [3.05, 3.63) is 88.9 Å². The van der Waals surface area contributed by atoms with Crippen LogP contribution in [-0.2, 0) is 21.4 Å². The molecule has 0 bridgehead atoms. The van der Waals surface area contributed by atoms with Crippen molar-refractivity contribution < 1.29 is 23.8 Å². The first-order chi connectivity index (χ1) is 19.5. The van der Waals surface area contributed by atoms with Gasteiger partial charge >= 0.3 is 5.97 Å². The Morgan fingerprint density at radius 2 is 1.93 bits per heavy atom. The second-order valence-electron chi connectivity index (χ2n) is 12.0. The van der Waals surface area contributed by atoms with Gasteiger partial charge in [0.2, 0.25) is 0 Å².